The number of aromatic amines is 1. The summed E-state index contributed by atoms with van der Waals surface area (Å²) < 4.78 is 26.6. The van der Waals surface area contributed by atoms with E-state index in [1.807, 2.05) is 6.07 Å². The predicted octanol–water partition coefficient (Wildman–Crippen LogP) is 0.129. The maximum absolute atomic E-state index is 13.4. The molecule has 0 bridgehead atoms. The lowest BCUT2D eigenvalue weighted by Crippen LogP contribution is -2.47. The smallest absolute Gasteiger partial charge is 0.296 e. The molecule has 182 valence electrons. The number of aromatic nitrogens is 5. The maximum atomic E-state index is 13.4. The first-order valence-corrected chi connectivity index (χ1v) is 13.3. The van der Waals surface area contributed by atoms with Gasteiger partial charge in [0.25, 0.3) is 5.56 Å². The zero-order valence-corrected chi connectivity index (χ0v) is 20.0. The Morgan fingerprint density at radius 1 is 1.03 bits per heavy atom. The molecule has 0 atom stereocenters. The van der Waals surface area contributed by atoms with Crippen molar-refractivity contribution in [1.29, 1.82) is 0 Å². The molecular formula is C21H29N9O3S. The van der Waals surface area contributed by atoms with Crippen molar-refractivity contribution < 1.29 is 8.42 Å². The van der Waals surface area contributed by atoms with Crippen LogP contribution in [0.3, 0.4) is 0 Å². The molecule has 5 rings (SSSR count). The molecule has 13 heteroatoms. The van der Waals surface area contributed by atoms with Gasteiger partial charge in [0.1, 0.15) is 11.2 Å². The summed E-state index contributed by atoms with van der Waals surface area (Å²) >= 11 is 0. The molecule has 0 spiro atoms. The first kappa shape index (κ1) is 22.7. The highest BCUT2D eigenvalue weighted by molar-refractivity contribution is 7.88. The molecule has 0 saturated carbocycles. The number of anilines is 2. The molecule has 0 unspecified atom stereocenters. The Morgan fingerprint density at radius 2 is 1.71 bits per heavy atom. The normalized spacial score (nSPS) is 18.6. The molecule has 0 aromatic carbocycles. The summed E-state index contributed by atoms with van der Waals surface area (Å²) in [5, 5.41) is 3.25. The molecule has 2 saturated heterocycles. The molecule has 0 radical (unpaired) electrons. The van der Waals surface area contributed by atoms with Gasteiger partial charge in [-0.15, -0.1) is 0 Å². The fourth-order valence-electron chi connectivity index (χ4n) is 4.64. The van der Waals surface area contributed by atoms with Crippen molar-refractivity contribution in [3.05, 3.63) is 34.5 Å². The van der Waals surface area contributed by atoms with E-state index < -0.39 is 10.0 Å². The summed E-state index contributed by atoms with van der Waals surface area (Å²) in [6.45, 7) is 4.52. The number of piperazine rings is 1. The van der Waals surface area contributed by atoms with E-state index in [2.05, 4.69) is 24.9 Å². The number of hydrogen-bond donors (Lipinski definition) is 2. The fourth-order valence-corrected chi connectivity index (χ4v) is 5.46. The average molecular weight is 488 g/mol. The van der Waals surface area contributed by atoms with E-state index in [1.54, 1.807) is 4.52 Å². The number of nitrogens with zero attached hydrogens (tertiary/aromatic N) is 7. The number of sulfonamides is 1. The van der Waals surface area contributed by atoms with Gasteiger partial charge in [0.15, 0.2) is 5.82 Å². The summed E-state index contributed by atoms with van der Waals surface area (Å²) in [6.07, 6.45) is 7.62. The van der Waals surface area contributed by atoms with Crippen molar-refractivity contribution in [3.8, 4) is 11.3 Å². The molecule has 0 aliphatic carbocycles. The van der Waals surface area contributed by atoms with Crippen molar-refractivity contribution in [2.45, 2.75) is 25.8 Å². The van der Waals surface area contributed by atoms with Gasteiger partial charge < -0.3 is 10.6 Å². The minimum Gasteiger partial charge on any atom is -0.368 e. The van der Waals surface area contributed by atoms with Gasteiger partial charge in [-0.1, -0.05) is 0 Å². The molecule has 12 nitrogen and oxygen atoms in total. The molecule has 3 N–H and O–H groups in total. The van der Waals surface area contributed by atoms with Crippen LogP contribution in [-0.2, 0) is 16.6 Å². The van der Waals surface area contributed by atoms with Crippen LogP contribution in [-0.4, -0.2) is 87.7 Å². The Bertz CT molecular complexity index is 1340. The summed E-state index contributed by atoms with van der Waals surface area (Å²) in [7, 11) is -3.18. The SMILES string of the molecule is CS(=O)(=O)N1CCN(Cc2cc3c(N4CCCCC4)nc(-c4cnc(N)nc4)c(=O)n3[nH]2)CC1. The molecule has 3 aromatic heterocycles. The van der Waals surface area contributed by atoms with Gasteiger partial charge in [-0.2, -0.15) is 4.31 Å². The Balaban J connectivity index is 1.50. The Hall–Kier alpha value is -3.03. The number of H-pyrrole nitrogens is 1. The Morgan fingerprint density at radius 3 is 2.35 bits per heavy atom. The molecule has 2 fully saturated rings. The molecule has 34 heavy (non-hydrogen) atoms. The minimum absolute atomic E-state index is 0.138. The van der Waals surface area contributed by atoms with Crippen molar-refractivity contribution >= 4 is 27.3 Å². The summed E-state index contributed by atoms with van der Waals surface area (Å²) in [5.41, 5.74) is 7.73. The highest BCUT2D eigenvalue weighted by atomic mass is 32.2. The topological polar surface area (TPSA) is 146 Å². The van der Waals surface area contributed by atoms with Crippen LogP contribution in [0.1, 0.15) is 25.0 Å². The largest absolute Gasteiger partial charge is 0.368 e. The van der Waals surface area contributed by atoms with Crippen molar-refractivity contribution in [1.82, 2.24) is 33.8 Å². The molecule has 5 heterocycles. The molecule has 2 aliphatic heterocycles. The lowest BCUT2D eigenvalue weighted by Gasteiger charge is -2.32. The number of rotatable bonds is 5. The van der Waals surface area contributed by atoms with Crippen LogP contribution in [0.5, 0.6) is 0 Å². The summed E-state index contributed by atoms with van der Waals surface area (Å²) in [6, 6.07) is 1.98. The minimum atomic E-state index is -3.18. The van der Waals surface area contributed by atoms with E-state index in [0.29, 0.717) is 38.3 Å². The molecule has 0 amide bonds. The van der Waals surface area contributed by atoms with Gasteiger partial charge in [-0.3, -0.25) is 14.8 Å². The highest BCUT2D eigenvalue weighted by Gasteiger charge is 2.25. The third-order valence-corrected chi connectivity index (χ3v) is 7.76. The van der Waals surface area contributed by atoms with Crippen LogP contribution < -0.4 is 16.2 Å². The van der Waals surface area contributed by atoms with Crippen LogP contribution in [0, 0.1) is 0 Å². The van der Waals surface area contributed by atoms with E-state index >= 15 is 0 Å². The van der Waals surface area contributed by atoms with E-state index in [-0.39, 0.29) is 17.2 Å². The second-order valence-electron chi connectivity index (χ2n) is 8.91. The molecule has 2 aliphatic rings. The Kier molecular flexibility index (Phi) is 6.00. The van der Waals surface area contributed by atoms with Crippen molar-refractivity contribution in [3.63, 3.8) is 0 Å². The first-order chi connectivity index (χ1) is 16.3. The number of nitrogen functional groups attached to an aromatic ring is 1. The zero-order valence-electron chi connectivity index (χ0n) is 19.1. The Labute approximate surface area is 197 Å². The second kappa shape index (κ2) is 8.96. The number of piperidine rings is 1. The fraction of sp³-hybridized carbons (Fsp3) is 0.524. The van der Waals surface area contributed by atoms with Gasteiger partial charge in [0.2, 0.25) is 16.0 Å². The maximum Gasteiger partial charge on any atom is 0.296 e. The third kappa shape index (κ3) is 4.50. The number of nitrogens with two attached hydrogens (primary N) is 1. The lowest BCUT2D eigenvalue weighted by atomic mass is 10.1. The number of hydrogen-bond acceptors (Lipinski definition) is 9. The molecular weight excluding hydrogens is 458 g/mol. The standard InChI is InChI=1S/C21H29N9O3S/c1-34(32,33)29-9-7-27(8-10-29)14-16-11-17-19(28-5-3-2-4-6-28)25-18(20(31)30(17)26-16)15-12-23-21(22)24-13-15/h11-13,26H,2-10,14H2,1H3,(H2,22,23,24). The monoisotopic (exact) mass is 487 g/mol. The van der Waals surface area contributed by atoms with Gasteiger partial charge in [0.05, 0.1) is 6.26 Å². The zero-order chi connectivity index (χ0) is 23.9. The summed E-state index contributed by atoms with van der Waals surface area (Å²) in [5.74, 6) is 0.898. The van der Waals surface area contributed by atoms with Gasteiger partial charge >= 0.3 is 0 Å². The summed E-state index contributed by atoms with van der Waals surface area (Å²) in [4.78, 5) is 30.6. The van der Waals surface area contributed by atoms with Crippen LogP contribution in [0.25, 0.3) is 16.8 Å². The second-order valence-corrected chi connectivity index (χ2v) is 10.9. The first-order valence-electron chi connectivity index (χ1n) is 11.4. The van der Waals surface area contributed by atoms with E-state index in [4.69, 9.17) is 10.7 Å². The van der Waals surface area contributed by atoms with E-state index in [0.717, 1.165) is 43.0 Å². The van der Waals surface area contributed by atoms with Crippen LogP contribution in [0.4, 0.5) is 11.8 Å². The van der Waals surface area contributed by atoms with Gasteiger partial charge in [-0.25, -0.2) is 27.9 Å². The predicted molar refractivity (Wildman–Crippen MR) is 129 cm³/mol. The lowest BCUT2D eigenvalue weighted by molar-refractivity contribution is 0.180. The van der Waals surface area contributed by atoms with Crippen LogP contribution in [0.15, 0.2) is 23.3 Å². The highest BCUT2D eigenvalue weighted by Crippen LogP contribution is 2.26. The van der Waals surface area contributed by atoms with Crippen LogP contribution in [0.2, 0.25) is 0 Å². The van der Waals surface area contributed by atoms with E-state index in [1.165, 1.54) is 29.4 Å². The third-order valence-electron chi connectivity index (χ3n) is 6.45. The molecule has 3 aromatic rings. The van der Waals surface area contributed by atoms with Crippen molar-refractivity contribution in [2.24, 2.45) is 0 Å². The van der Waals surface area contributed by atoms with Gasteiger partial charge in [-0.05, 0) is 25.3 Å². The van der Waals surface area contributed by atoms with Crippen LogP contribution >= 0.6 is 0 Å². The van der Waals surface area contributed by atoms with Gasteiger partial charge in [0, 0.05) is 69.5 Å². The average Bonchev–Trinajstić information content (AvgIpc) is 3.25. The van der Waals surface area contributed by atoms with E-state index in [9.17, 15) is 13.2 Å². The van der Waals surface area contributed by atoms with Crippen molar-refractivity contribution in [2.75, 3.05) is 56.2 Å². The number of fused-ring (bicyclic) bond motifs is 1. The quantitative estimate of drug-likeness (QED) is 0.513. The number of nitrogens with one attached hydrogen (secondary N) is 1.